The second-order valence-electron chi connectivity index (χ2n) is 5.45. The lowest BCUT2D eigenvalue weighted by Crippen LogP contribution is -2.45. The van der Waals surface area contributed by atoms with Crippen LogP contribution < -0.4 is 10.6 Å². The van der Waals surface area contributed by atoms with E-state index in [9.17, 15) is 4.79 Å². The summed E-state index contributed by atoms with van der Waals surface area (Å²) >= 11 is 0. The fourth-order valence-corrected chi connectivity index (χ4v) is 2.61. The van der Waals surface area contributed by atoms with E-state index in [0.29, 0.717) is 13.0 Å². The van der Waals surface area contributed by atoms with Gasteiger partial charge in [0.15, 0.2) is 0 Å². The van der Waals surface area contributed by atoms with Crippen LogP contribution in [0.1, 0.15) is 32.1 Å². The number of benzene rings is 1. The SMILES string of the molecule is N=C(N)CCN(C(=O)N1CCCCCC1)c1ccccc1. The summed E-state index contributed by atoms with van der Waals surface area (Å²) in [5, 5.41) is 7.40. The van der Waals surface area contributed by atoms with Gasteiger partial charge in [-0.2, -0.15) is 0 Å². The average Bonchev–Trinajstić information content (AvgIpc) is 2.77. The van der Waals surface area contributed by atoms with Crippen LogP contribution in [-0.4, -0.2) is 36.4 Å². The van der Waals surface area contributed by atoms with Crippen LogP contribution in [0.4, 0.5) is 10.5 Å². The minimum Gasteiger partial charge on any atom is -0.388 e. The molecule has 1 aromatic rings. The van der Waals surface area contributed by atoms with E-state index < -0.39 is 0 Å². The van der Waals surface area contributed by atoms with Gasteiger partial charge < -0.3 is 10.6 Å². The number of carbonyl (C=O) groups is 1. The number of rotatable bonds is 4. The van der Waals surface area contributed by atoms with Crippen LogP contribution in [0.25, 0.3) is 0 Å². The van der Waals surface area contributed by atoms with Crippen molar-refractivity contribution in [2.75, 3.05) is 24.5 Å². The highest BCUT2D eigenvalue weighted by Crippen LogP contribution is 2.18. The molecule has 1 saturated heterocycles. The third-order valence-corrected chi connectivity index (χ3v) is 3.78. The monoisotopic (exact) mass is 288 g/mol. The minimum atomic E-state index is 0.0318. The van der Waals surface area contributed by atoms with E-state index >= 15 is 0 Å². The number of nitrogens with two attached hydrogens (primary N) is 1. The lowest BCUT2D eigenvalue weighted by atomic mass is 10.2. The van der Waals surface area contributed by atoms with Gasteiger partial charge in [-0.1, -0.05) is 31.0 Å². The molecule has 0 radical (unpaired) electrons. The zero-order chi connectivity index (χ0) is 15.1. The molecule has 0 unspecified atom stereocenters. The molecule has 0 aliphatic carbocycles. The van der Waals surface area contributed by atoms with Crippen molar-refractivity contribution in [1.29, 1.82) is 5.41 Å². The molecule has 0 bridgehead atoms. The van der Waals surface area contributed by atoms with E-state index in [0.717, 1.165) is 31.6 Å². The molecule has 0 aromatic heterocycles. The van der Waals surface area contributed by atoms with Crippen molar-refractivity contribution in [1.82, 2.24) is 4.90 Å². The fourth-order valence-electron chi connectivity index (χ4n) is 2.61. The summed E-state index contributed by atoms with van der Waals surface area (Å²) in [6.45, 7) is 2.10. The van der Waals surface area contributed by atoms with Gasteiger partial charge in [-0.15, -0.1) is 0 Å². The first kappa shape index (κ1) is 15.4. The zero-order valence-corrected chi connectivity index (χ0v) is 12.4. The van der Waals surface area contributed by atoms with E-state index in [1.165, 1.54) is 12.8 Å². The molecule has 0 spiro atoms. The summed E-state index contributed by atoms with van der Waals surface area (Å²) in [5.41, 5.74) is 6.32. The number of hydrogen-bond donors (Lipinski definition) is 2. The molecular formula is C16H24N4O. The van der Waals surface area contributed by atoms with E-state index in [4.69, 9.17) is 11.1 Å². The number of likely N-dealkylation sites (tertiary alicyclic amines) is 1. The fraction of sp³-hybridized carbons (Fsp3) is 0.500. The van der Waals surface area contributed by atoms with E-state index in [1.807, 2.05) is 35.2 Å². The molecule has 1 heterocycles. The van der Waals surface area contributed by atoms with Crippen molar-refractivity contribution in [3.8, 4) is 0 Å². The highest BCUT2D eigenvalue weighted by molar-refractivity contribution is 5.92. The van der Waals surface area contributed by atoms with Crippen LogP contribution in [0, 0.1) is 5.41 Å². The van der Waals surface area contributed by atoms with Crippen molar-refractivity contribution in [2.45, 2.75) is 32.1 Å². The van der Waals surface area contributed by atoms with Crippen LogP contribution in [-0.2, 0) is 0 Å². The number of para-hydroxylation sites is 1. The Kier molecular flexibility index (Phi) is 5.60. The normalized spacial score (nSPS) is 15.3. The van der Waals surface area contributed by atoms with Crippen molar-refractivity contribution in [3.05, 3.63) is 30.3 Å². The molecule has 1 fully saturated rings. The Labute approximate surface area is 126 Å². The van der Waals surface area contributed by atoms with Gasteiger partial charge in [-0.25, -0.2) is 4.79 Å². The standard InChI is InChI=1S/C16H24N4O/c17-15(18)10-13-20(14-8-4-3-5-9-14)16(21)19-11-6-1-2-7-12-19/h3-5,8-9H,1-2,6-7,10-13H2,(H3,17,18). The second-order valence-corrected chi connectivity index (χ2v) is 5.45. The molecule has 2 rings (SSSR count). The quantitative estimate of drug-likeness (QED) is 0.660. The van der Waals surface area contributed by atoms with Crippen molar-refractivity contribution in [2.24, 2.45) is 5.73 Å². The predicted octanol–water partition coefficient (Wildman–Crippen LogP) is 2.82. The highest BCUT2D eigenvalue weighted by atomic mass is 16.2. The van der Waals surface area contributed by atoms with Gasteiger partial charge >= 0.3 is 6.03 Å². The number of amides is 2. The maximum Gasteiger partial charge on any atom is 0.324 e. The predicted molar refractivity (Wildman–Crippen MR) is 85.8 cm³/mol. The highest BCUT2D eigenvalue weighted by Gasteiger charge is 2.22. The zero-order valence-electron chi connectivity index (χ0n) is 12.4. The smallest absolute Gasteiger partial charge is 0.324 e. The minimum absolute atomic E-state index is 0.0318. The molecular weight excluding hydrogens is 264 g/mol. The topological polar surface area (TPSA) is 73.4 Å². The Morgan fingerprint density at radius 1 is 1.14 bits per heavy atom. The number of nitrogens with zero attached hydrogens (tertiary/aromatic N) is 2. The van der Waals surface area contributed by atoms with Gasteiger partial charge in [0.1, 0.15) is 0 Å². The van der Waals surface area contributed by atoms with Gasteiger partial charge in [-0.05, 0) is 25.0 Å². The number of urea groups is 1. The number of nitrogens with one attached hydrogen (secondary N) is 1. The molecule has 3 N–H and O–H groups in total. The Balaban J connectivity index is 2.13. The van der Waals surface area contributed by atoms with Crippen molar-refractivity contribution in [3.63, 3.8) is 0 Å². The molecule has 1 aliphatic rings. The summed E-state index contributed by atoms with van der Waals surface area (Å²) in [6.07, 6.45) is 4.93. The van der Waals surface area contributed by atoms with E-state index in [1.54, 1.807) is 4.90 Å². The summed E-state index contributed by atoms with van der Waals surface area (Å²) < 4.78 is 0. The summed E-state index contributed by atoms with van der Waals surface area (Å²) in [6, 6.07) is 9.66. The van der Waals surface area contributed by atoms with Gasteiger partial charge in [0.2, 0.25) is 0 Å². The van der Waals surface area contributed by atoms with Gasteiger partial charge in [-0.3, -0.25) is 10.3 Å². The lowest BCUT2D eigenvalue weighted by molar-refractivity contribution is 0.206. The number of hydrogen-bond acceptors (Lipinski definition) is 2. The maximum atomic E-state index is 12.8. The van der Waals surface area contributed by atoms with Gasteiger partial charge in [0.05, 0.1) is 5.84 Å². The van der Waals surface area contributed by atoms with Crippen molar-refractivity contribution < 1.29 is 4.79 Å². The molecule has 0 atom stereocenters. The first-order chi connectivity index (χ1) is 10.2. The van der Waals surface area contributed by atoms with Crippen LogP contribution in [0.2, 0.25) is 0 Å². The molecule has 1 aliphatic heterocycles. The number of anilines is 1. The van der Waals surface area contributed by atoms with Gasteiger partial charge in [0, 0.05) is 31.7 Å². The Hall–Kier alpha value is -2.04. The Bertz CT molecular complexity index is 466. The molecule has 114 valence electrons. The molecule has 5 heteroatoms. The third-order valence-electron chi connectivity index (χ3n) is 3.78. The third kappa shape index (κ3) is 4.48. The molecule has 0 saturated carbocycles. The summed E-state index contributed by atoms with van der Waals surface area (Å²) in [7, 11) is 0. The average molecular weight is 288 g/mol. The summed E-state index contributed by atoms with van der Waals surface area (Å²) in [4.78, 5) is 16.5. The summed E-state index contributed by atoms with van der Waals surface area (Å²) in [5.74, 6) is 0.111. The Morgan fingerprint density at radius 2 is 1.76 bits per heavy atom. The lowest BCUT2D eigenvalue weighted by Gasteiger charge is -2.30. The van der Waals surface area contributed by atoms with Gasteiger partial charge in [0.25, 0.3) is 0 Å². The van der Waals surface area contributed by atoms with Crippen molar-refractivity contribution >= 4 is 17.6 Å². The Morgan fingerprint density at radius 3 is 2.33 bits per heavy atom. The molecule has 21 heavy (non-hydrogen) atoms. The first-order valence-corrected chi connectivity index (χ1v) is 7.63. The van der Waals surface area contributed by atoms with Crippen LogP contribution in [0.3, 0.4) is 0 Å². The van der Waals surface area contributed by atoms with Crippen LogP contribution in [0.15, 0.2) is 30.3 Å². The molecule has 5 nitrogen and oxygen atoms in total. The second kappa shape index (κ2) is 7.67. The number of carbonyl (C=O) groups excluding carboxylic acids is 1. The first-order valence-electron chi connectivity index (χ1n) is 7.63. The van der Waals surface area contributed by atoms with E-state index in [-0.39, 0.29) is 11.9 Å². The molecule has 2 amide bonds. The molecule has 1 aromatic carbocycles. The largest absolute Gasteiger partial charge is 0.388 e. The van der Waals surface area contributed by atoms with Crippen LogP contribution >= 0.6 is 0 Å². The maximum absolute atomic E-state index is 12.8. The number of amidine groups is 1. The van der Waals surface area contributed by atoms with Crippen LogP contribution in [0.5, 0.6) is 0 Å². The van der Waals surface area contributed by atoms with E-state index in [2.05, 4.69) is 0 Å².